The number of carbonyl (C=O) groups is 1. The fraction of sp³-hybridized carbons (Fsp3) is 0. The van der Waals surface area contributed by atoms with Crippen molar-refractivity contribution in [2.75, 3.05) is 0 Å². The van der Waals surface area contributed by atoms with Crippen LogP contribution in [0.1, 0.15) is 44.5 Å². The van der Waals surface area contributed by atoms with Crippen LogP contribution in [0.4, 0.5) is 0 Å². The summed E-state index contributed by atoms with van der Waals surface area (Å²) in [5, 5.41) is 33.0. The lowest BCUT2D eigenvalue weighted by Gasteiger charge is -2.11. The number of rotatable bonds is 10. The van der Waals surface area contributed by atoms with Crippen LogP contribution in [-0.2, 0) is 4.79 Å². The largest absolute Gasteiger partial charge is 0.477 e. The average Bonchev–Trinajstić information content (AvgIpc) is 3.65. The third-order valence-corrected chi connectivity index (χ3v) is 11.0. The summed E-state index contributed by atoms with van der Waals surface area (Å²) in [6.07, 6.45) is 9.57. The summed E-state index contributed by atoms with van der Waals surface area (Å²) >= 11 is 0. The van der Waals surface area contributed by atoms with Crippen molar-refractivity contribution in [3.63, 3.8) is 0 Å². The Morgan fingerprint density at radius 1 is 0.468 bits per heavy atom. The van der Waals surface area contributed by atoms with Gasteiger partial charge in [0, 0.05) is 16.5 Å². The Bertz CT molecular complexity index is 3320. The zero-order valence-electron chi connectivity index (χ0n) is 33.5. The van der Waals surface area contributed by atoms with Crippen LogP contribution in [0, 0.1) is 22.7 Å². The molecular formula is C57H37N3O2. The predicted octanol–water partition coefficient (Wildman–Crippen LogP) is 13.8. The molecule has 0 amide bonds. The molecule has 292 valence electrons. The van der Waals surface area contributed by atoms with E-state index in [1.54, 1.807) is 18.2 Å². The molecule has 1 N–H and O–H groups in total. The third kappa shape index (κ3) is 8.11. The van der Waals surface area contributed by atoms with Crippen molar-refractivity contribution in [2.24, 2.45) is 0 Å². The van der Waals surface area contributed by atoms with Crippen molar-refractivity contribution < 1.29 is 9.90 Å². The molecule has 0 fully saturated rings. The summed E-state index contributed by atoms with van der Waals surface area (Å²) in [5.74, 6) is -1.25. The fourth-order valence-corrected chi connectivity index (χ4v) is 7.90. The maximum Gasteiger partial charge on any atom is 0.346 e. The first-order chi connectivity index (χ1) is 30.4. The van der Waals surface area contributed by atoms with Gasteiger partial charge < -0.3 is 9.67 Å². The molecule has 0 saturated carbocycles. The van der Waals surface area contributed by atoms with Gasteiger partial charge in [-0.2, -0.15) is 10.5 Å². The number of carboxylic acids is 1. The number of hydrogen-bond acceptors (Lipinski definition) is 3. The van der Waals surface area contributed by atoms with Gasteiger partial charge >= 0.3 is 5.97 Å². The second kappa shape index (κ2) is 17.2. The molecule has 9 rings (SSSR count). The number of allylic oxidation sites excluding steroid dienone is 1. The number of benzene rings is 8. The number of nitriles is 2. The highest BCUT2D eigenvalue weighted by Gasteiger charge is 2.15. The molecule has 9 aromatic rings. The van der Waals surface area contributed by atoms with E-state index in [9.17, 15) is 10.1 Å². The van der Waals surface area contributed by atoms with Gasteiger partial charge in [0.05, 0.1) is 22.7 Å². The Balaban J connectivity index is 0.982. The molecule has 1 heterocycles. The Kier molecular flexibility index (Phi) is 10.8. The number of aromatic nitrogens is 1. The Morgan fingerprint density at radius 3 is 1.68 bits per heavy atom. The van der Waals surface area contributed by atoms with E-state index in [2.05, 4.69) is 156 Å². The highest BCUT2D eigenvalue weighted by atomic mass is 16.4. The van der Waals surface area contributed by atoms with Crippen LogP contribution >= 0.6 is 0 Å². The summed E-state index contributed by atoms with van der Waals surface area (Å²) in [6.45, 7) is 0. The number of para-hydroxylation sites is 1. The van der Waals surface area contributed by atoms with Crippen molar-refractivity contribution in [3.8, 4) is 17.8 Å². The van der Waals surface area contributed by atoms with Crippen molar-refractivity contribution in [1.29, 1.82) is 10.5 Å². The lowest BCUT2D eigenvalue weighted by atomic mass is 9.96. The highest BCUT2D eigenvalue weighted by molar-refractivity contribution is 6.11. The first-order valence-corrected chi connectivity index (χ1v) is 20.2. The minimum Gasteiger partial charge on any atom is -0.477 e. The normalized spacial score (nSPS) is 11.8. The van der Waals surface area contributed by atoms with Gasteiger partial charge in [0.25, 0.3) is 0 Å². The standard InChI is InChI=1S/C57H37N3O2/c58-37-49(34-43-22-26-46-31-41(21-25-47(46)33-43)20-17-39-15-18-40(19-16-39)32-50(38-59)57(61)62)48-27-30-56-54(36-48)52-13-7-8-14-55(52)60(56)51-28-23-42(24-29-51)35-53(44-9-3-1-4-10-44)45-11-5-2-6-12-45/h1-36H,(H,61,62)/b20-17+,49-34+,50-32+. The summed E-state index contributed by atoms with van der Waals surface area (Å²) in [5.41, 5.74) is 12.5. The van der Waals surface area contributed by atoms with Gasteiger partial charge in [0.1, 0.15) is 11.6 Å². The van der Waals surface area contributed by atoms with E-state index in [1.165, 1.54) is 22.8 Å². The van der Waals surface area contributed by atoms with Crippen LogP contribution in [0.15, 0.2) is 194 Å². The Morgan fingerprint density at radius 2 is 1.02 bits per heavy atom. The van der Waals surface area contributed by atoms with Gasteiger partial charge in [-0.1, -0.05) is 158 Å². The van der Waals surface area contributed by atoms with Crippen LogP contribution in [0.3, 0.4) is 0 Å². The lowest BCUT2D eigenvalue weighted by molar-refractivity contribution is -0.132. The molecule has 0 unspecified atom stereocenters. The molecule has 0 saturated heterocycles. The number of hydrogen-bond donors (Lipinski definition) is 1. The molecule has 0 atom stereocenters. The van der Waals surface area contributed by atoms with Crippen LogP contribution in [0.5, 0.6) is 0 Å². The van der Waals surface area contributed by atoms with E-state index < -0.39 is 5.97 Å². The van der Waals surface area contributed by atoms with Gasteiger partial charge in [0.2, 0.25) is 0 Å². The SMILES string of the molecule is N#C/C(=C\c1ccc2cc(/C=C/c3ccc(/C=C(\C#N)C(=O)O)cc3)ccc2c1)c1ccc2c(c1)c1ccccc1n2-c1ccc(C=C(c2ccccc2)c2ccccc2)cc1. The van der Waals surface area contributed by atoms with E-state index in [0.717, 1.165) is 66.1 Å². The maximum absolute atomic E-state index is 11.2. The van der Waals surface area contributed by atoms with E-state index in [-0.39, 0.29) is 5.57 Å². The molecule has 1 aromatic heterocycles. The van der Waals surface area contributed by atoms with Gasteiger partial charge in [-0.3, -0.25) is 0 Å². The minimum atomic E-state index is -1.25. The van der Waals surface area contributed by atoms with Crippen LogP contribution in [0.2, 0.25) is 0 Å². The summed E-state index contributed by atoms with van der Waals surface area (Å²) in [6, 6.07) is 68.4. The Labute approximate surface area is 359 Å². The molecular weight excluding hydrogens is 759 g/mol. The van der Waals surface area contributed by atoms with E-state index in [1.807, 2.05) is 54.6 Å². The number of nitrogens with zero attached hydrogens (tertiary/aromatic N) is 3. The lowest BCUT2D eigenvalue weighted by Crippen LogP contribution is -1.97. The Hall–Kier alpha value is -8.77. The van der Waals surface area contributed by atoms with E-state index >= 15 is 0 Å². The number of carboxylic acid groups (broad SMARTS) is 1. The smallest absolute Gasteiger partial charge is 0.346 e. The molecule has 0 aliphatic rings. The summed E-state index contributed by atoms with van der Waals surface area (Å²) in [4.78, 5) is 11.2. The molecule has 62 heavy (non-hydrogen) atoms. The van der Waals surface area contributed by atoms with Crippen molar-refractivity contribution >= 4 is 80.1 Å². The van der Waals surface area contributed by atoms with Crippen LogP contribution < -0.4 is 0 Å². The molecule has 5 nitrogen and oxygen atoms in total. The van der Waals surface area contributed by atoms with E-state index in [0.29, 0.717) is 11.1 Å². The molecule has 5 heteroatoms. The predicted molar refractivity (Wildman–Crippen MR) is 255 cm³/mol. The summed E-state index contributed by atoms with van der Waals surface area (Å²) in [7, 11) is 0. The molecule has 8 aromatic carbocycles. The average molecular weight is 796 g/mol. The first-order valence-electron chi connectivity index (χ1n) is 20.2. The maximum atomic E-state index is 11.2. The number of aliphatic carboxylic acids is 1. The van der Waals surface area contributed by atoms with Gasteiger partial charge in [0.15, 0.2) is 0 Å². The van der Waals surface area contributed by atoms with E-state index in [4.69, 9.17) is 10.4 Å². The van der Waals surface area contributed by atoms with Crippen molar-refractivity contribution in [2.45, 2.75) is 0 Å². The van der Waals surface area contributed by atoms with Crippen molar-refractivity contribution in [1.82, 2.24) is 4.57 Å². The van der Waals surface area contributed by atoms with Crippen molar-refractivity contribution in [3.05, 3.63) is 238 Å². The minimum absolute atomic E-state index is 0.307. The fourth-order valence-electron chi connectivity index (χ4n) is 7.90. The summed E-state index contributed by atoms with van der Waals surface area (Å²) < 4.78 is 2.30. The topological polar surface area (TPSA) is 89.8 Å². The molecule has 0 aliphatic heterocycles. The molecule has 0 radical (unpaired) electrons. The second-order valence-electron chi connectivity index (χ2n) is 15.0. The number of fused-ring (bicyclic) bond motifs is 4. The third-order valence-electron chi connectivity index (χ3n) is 11.0. The van der Waals surface area contributed by atoms with Gasteiger partial charge in [-0.15, -0.1) is 0 Å². The molecule has 0 spiro atoms. The monoisotopic (exact) mass is 795 g/mol. The van der Waals surface area contributed by atoms with Crippen LogP contribution in [-0.4, -0.2) is 15.6 Å². The first kappa shape index (κ1) is 38.7. The molecule has 0 aliphatic carbocycles. The van der Waals surface area contributed by atoms with Gasteiger partial charge in [-0.05, 0) is 122 Å². The zero-order chi connectivity index (χ0) is 42.4. The zero-order valence-corrected chi connectivity index (χ0v) is 33.5. The van der Waals surface area contributed by atoms with Gasteiger partial charge in [-0.25, -0.2) is 4.79 Å². The molecule has 0 bridgehead atoms. The van der Waals surface area contributed by atoms with Crippen LogP contribution in [0.25, 0.3) is 79.8 Å². The highest BCUT2D eigenvalue weighted by Crippen LogP contribution is 2.35. The second-order valence-corrected chi connectivity index (χ2v) is 15.0. The quantitative estimate of drug-likeness (QED) is 0.0848.